The Labute approximate surface area is 66.6 Å². The molecule has 0 spiro atoms. The predicted octanol–water partition coefficient (Wildman–Crippen LogP) is 1.99. The van der Waals surface area contributed by atoms with Gasteiger partial charge in [-0.05, 0) is 18.4 Å². The topological polar surface area (TPSA) is 61.2 Å². The second-order valence-corrected chi connectivity index (χ2v) is 4.23. The van der Waals surface area contributed by atoms with Gasteiger partial charge in [-0.15, -0.1) is 0 Å². The van der Waals surface area contributed by atoms with Crippen LogP contribution < -0.4 is 0 Å². The van der Waals surface area contributed by atoms with E-state index in [0.717, 1.165) is 6.42 Å². The number of hydrogen-bond acceptors (Lipinski definition) is 2. The summed E-state index contributed by atoms with van der Waals surface area (Å²) in [5, 5.41) is 0. The smallest absolute Gasteiger partial charge is 0.187 e. The summed E-state index contributed by atoms with van der Waals surface area (Å²) in [5.74, 6) is 0.417. The van der Waals surface area contributed by atoms with E-state index in [-0.39, 0.29) is 4.91 Å². The first-order valence-corrected chi connectivity index (χ1v) is 4.91. The summed E-state index contributed by atoms with van der Waals surface area (Å²) in [7, 11) is -3.47. The Bertz CT molecular complexity index is 300. The van der Waals surface area contributed by atoms with Crippen LogP contribution in [-0.2, 0) is 10.0 Å². The molecule has 0 heterocycles. The summed E-state index contributed by atoms with van der Waals surface area (Å²) in [6.45, 7) is 2.02. The highest BCUT2D eigenvalue weighted by Gasteiger charge is 2.10. The van der Waals surface area contributed by atoms with Gasteiger partial charge in [-0.3, -0.25) is 4.55 Å². The molecule has 0 aliphatic heterocycles. The van der Waals surface area contributed by atoms with Gasteiger partial charge in [0.25, 0.3) is 0 Å². The van der Waals surface area contributed by atoms with Gasteiger partial charge in [0.1, 0.15) is 0 Å². The van der Waals surface area contributed by atoms with Gasteiger partial charge < -0.3 is 0 Å². The van der Waals surface area contributed by atoms with Gasteiger partial charge in [0, 0.05) is 0 Å². The summed E-state index contributed by atoms with van der Waals surface area (Å²) >= 11 is 0. The average molecular weight is 173 g/mol. The fourth-order valence-corrected chi connectivity index (χ4v) is 1.50. The van der Waals surface area contributed by atoms with Crippen LogP contribution in [0.5, 0.6) is 0 Å². The van der Waals surface area contributed by atoms with Crippen LogP contribution in [0.1, 0.15) is 13.3 Å². The highest BCUT2D eigenvalue weighted by atomic mass is 32.2. The van der Waals surface area contributed by atoms with E-state index in [1.165, 1.54) is 0 Å². The maximum atomic E-state index is 10.8. The molecule has 2 N–H and O–H groups in total. The predicted molar refractivity (Wildman–Crippen MR) is 44.5 cm³/mol. The minimum Gasteiger partial charge on any atom is -0.297 e. The van der Waals surface area contributed by atoms with E-state index in [9.17, 15) is 4.21 Å². The van der Waals surface area contributed by atoms with Crippen LogP contribution in [0.3, 0.4) is 0 Å². The molecule has 0 aromatic carbocycles. The highest BCUT2D eigenvalue weighted by molar-refractivity contribution is 7.91. The zero-order valence-corrected chi connectivity index (χ0v) is 7.10. The fourth-order valence-electron chi connectivity index (χ4n) is 0.913. The van der Waals surface area contributed by atoms with Crippen molar-refractivity contribution in [1.29, 1.82) is 4.78 Å². The molecule has 1 aliphatic carbocycles. The maximum absolute atomic E-state index is 10.8. The number of hydrogen-bond donors (Lipinski definition) is 2. The van der Waals surface area contributed by atoms with E-state index in [1.54, 1.807) is 12.2 Å². The Balaban J connectivity index is 2.89. The Kier molecular flexibility index (Phi) is 2.15. The van der Waals surface area contributed by atoms with Crippen LogP contribution in [0, 0.1) is 10.7 Å². The maximum Gasteiger partial charge on any atom is 0.187 e. The molecule has 0 aromatic heterocycles. The van der Waals surface area contributed by atoms with Gasteiger partial charge in [0.05, 0.1) is 4.91 Å². The van der Waals surface area contributed by atoms with Crippen molar-refractivity contribution in [2.75, 3.05) is 0 Å². The van der Waals surface area contributed by atoms with Gasteiger partial charge >= 0.3 is 0 Å². The van der Waals surface area contributed by atoms with Gasteiger partial charge in [-0.1, -0.05) is 19.1 Å². The second kappa shape index (κ2) is 2.79. The van der Waals surface area contributed by atoms with Crippen molar-refractivity contribution in [3.05, 3.63) is 23.1 Å². The number of rotatable bonds is 1. The molecule has 0 bridgehead atoms. The lowest BCUT2D eigenvalue weighted by Gasteiger charge is -2.09. The third-order valence-corrected chi connectivity index (χ3v) is 2.54. The molecule has 0 aromatic rings. The van der Waals surface area contributed by atoms with Gasteiger partial charge in [-0.2, -0.15) is 0 Å². The molecule has 3 nitrogen and oxygen atoms in total. The van der Waals surface area contributed by atoms with Crippen molar-refractivity contribution in [1.82, 2.24) is 0 Å². The van der Waals surface area contributed by atoms with Crippen LogP contribution in [0.4, 0.5) is 0 Å². The van der Waals surface area contributed by atoms with E-state index in [2.05, 4.69) is 0 Å². The van der Waals surface area contributed by atoms with E-state index < -0.39 is 10.0 Å². The first-order valence-electron chi connectivity index (χ1n) is 3.40. The van der Waals surface area contributed by atoms with Gasteiger partial charge in [0.2, 0.25) is 0 Å². The zero-order chi connectivity index (χ0) is 8.48. The molecule has 2 atom stereocenters. The quantitative estimate of drug-likeness (QED) is 0.637. The van der Waals surface area contributed by atoms with Crippen LogP contribution in [-0.4, -0.2) is 8.76 Å². The van der Waals surface area contributed by atoms with E-state index in [4.69, 9.17) is 9.33 Å². The first kappa shape index (κ1) is 8.49. The minimum atomic E-state index is -3.47. The molecule has 0 fully saturated rings. The largest absolute Gasteiger partial charge is 0.297 e. The zero-order valence-electron chi connectivity index (χ0n) is 6.28. The molecule has 1 aliphatic rings. The Morgan fingerprint density at radius 2 is 2.45 bits per heavy atom. The molecule has 4 heteroatoms. The fraction of sp³-hybridized carbons (Fsp3) is 0.429. The van der Waals surface area contributed by atoms with Crippen molar-refractivity contribution < 1.29 is 8.76 Å². The molecule has 0 saturated heterocycles. The summed E-state index contributed by atoms with van der Waals surface area (Å²) in [5.41, 5.74) is 0. The van der Waals surface area contributed by atoms with Crippen molar-refractivity contribution in [2.24, 2.45) is 5.92 Å². The lowest BCUT2D eigenvalue weighted by atomic mass is 10.0. The Morgan fingerprint density at radius 3 is 2.82 bits per heavy atom. The molecular formula is C7H11NO2S. The summed E-state index contributed by atoms with van der Waals surface area (Å²) in [6, 6.07) is 0. The lowest BCUT2D eigenvalue weighted by Crippen LogP contribution is -2.02. The first-order chi connectivity index (χ1) is 5.00. The standard InChI is InChI=1S/C7H11NO2S/c1-6-2-4-7(5-3-6)11(8,9)10/h2,4-6H,3H2,1H3,(H2,8,9,10). The van der Waals surface area contributed by atoms with Crippen molar-refractivity contribution in [3.8, 4) is 0 Å². The molecule has 1 rings (SSSR count). The summed E-state index contributed by atoms with van der Waals surface area (Å²) < 4.78 is 26.4. The minimum absolute atomic E-state index is 0.232. The van der Waals surface area contributed by atoms with Crippen molar-refractivity contribution in [2.45, 2.75) is 13.3 Å². The lowest BCUT2D eigenvalue weighted by molar-refractivity contribution is 0.556. The van der Waals surface area contributed by atoms with Crippen molar-refractivity contribution >= 4 is 10.0 Å². The third kappa shape index (κ3) is 2.17. The normalized spacial score (nSPS) is 29.3. The van der Waals surface area contributed by atoms with Crippen LogP contribution in [0.2, 0.25) is 0 Å². The summed E-state index contributed by atoms with van der Waals surface area (Å²) in [4.78, 5) is 0.232. The molecule has 2 unspecified atom stereocenters. The monoisotopic (exact) mass is 173 g/mol. The molecular weight excluding hydrogens is 162 g/mol. The highest BCUT2D eigenvalue weighted by Crippen LogP contribution is 2.18. The van der Waals surface area contributed by atoms with E-state index >= 15 is 0 Å². The van der Waals surface area contributed by atoms with Crippen molar-refractivity contribution in [3.63, 3.8) is 0 Å². The Morgan fingerprint density at radius 1 is 1.82 bits per heavy atom. The molecule has 0 amide bonds. The van der Waals surface area contributed by atoms with E-state index in [0.29, 0.717) is 5.92 Å². The average Bonchev–Trinajstić information content (AvgIpc) is 1.86. The van der Waals surface area contributed by atoms with Gasteiger partial charge in [-0.25, -0.2) is 8.99 Å². The van der Waals surface area contributed by atoms with Gasteiger partial charge in [0.15, 0.2) is 10.0 Å². The molecule has 62 valence electrons. The van der Waals surface area contributed by atoms with Crippen LogP contribution in [0.25, 0.3) is 0 Å². The Hall–Kier alpha value is -0.610. The van der Waals surface area contributed by atoms with E-state index in [1.807, 2.05) is 13.0 Å². The molecule has 0 radical (unpaired) electrons. The van der Waals surface area contributed by atoms with Crippen LogP contribution in [0.15, 0.2) is 23.1 Å². The number of nitrogens with one attached hydrogen (secondary N) is 1. The SMILES string of the molecule is CC1C=CC(S(=N)(=O)O)=CC1. The summed E-state index contributed by atoms with van der Waals surface area (Å²) in [6.07, 6.45) is 5.81. The van der Waals surface area contributed by atoms with Crippen LogP contribution >= 0.6 is 0 Å². The second-order valence-electron chi connectivity index (χ2n) is 2.70. The molecule has 0 saturated carbocycles. The third-order valence-electron chi connectivity index (χ3n) is 1.60. The molecule has 11 heavy (non-hydrogen) atoms. The number of allylic oxidation sites excluding steroid dienone is 3.